The second kappa shape index (κ2) is 6.00. The number of nitrogens with zero attached hydrogens (tertiary/aromatic N) is 1. The van der Waals surface area contributed by atoms with Crippen molar-refractivity contribution >= 4 is 5.84 Å². The van der Waals surface area contributed by atoms with Crippen LogP contribution in [0, 0.1) is 5.41 Å². The van der Waals surface area contributed by atoms with Crippen LogP contribution in [0.15, 0.2) is 0 Å². The van der Waals surface area contributed by atoms with Crippen LogP contribution in [0.2, 0.25) is 0 Å². The van der Waals surface area contributed by atoms with Gasteiger partial charge in [-0.15, -0.1) is 0 Å². The molecule has 12 heavy (non-hydrogen) atoms. The van der Waals surface area contributed by atoms with Gasteiger partial charge in [0, 0.05) is 19.0 Å². The van der Waals surface area contributed by atoms with E-state index in [-0.39, 0.29) is 5.84 Å². The summed E-state index contributed by atoms with van der Waals surface area (Å²) in [7, 11) is 0. The van der Waals surface area contributed by atoms with Crippen LogP contribution < -0.4 is 5.73 Å². The van der Waals surface area contributed by atoms with Gasteiger partial charge in [0.2, 0.25) is 0 Å². The van der Waals surface area contributed by atoms with E-state index in [1.54, 1.807) is 0 Å². The lowest BCUT2D eigenvalue weighted by atomic mass is 10.2. The number of amidine groups is 1. The highest BCUT2D eigenvalue weighted by Crippen LogP contribution is 2.03. The Morgan fingerprint density at radius 2 is 2.08 bits per heavy atom. The predicted octanol–water partition coefficient (Wildman–Crippen LogP) is 1.43. The normalized spacial score (nSPS) is 13.3. The molecule has 0 heterocycles. The quantitative estimate of drug-likeness (QED) is 0.469. The minimum absolute atomic E-state index is 0.289. The molecule has 0 fully saturated rings. The van der Waals surface area contributed by atoms with Crippen molar-refractivity contribution < 1.29 is 0 Å². The molecule has 0 radical (unpaired) electrons. The van der Waals surface area contributed by atoms with Crippen LogP contribution in [0.25, 0.3) is 0 Å². The molecule has 0 aliphatic carbocycles. The van der Waals surface area contributed by atoms with E-state index in [9.17, 15) is 0 Å². The van der Waals surface area contributed by atoms with Gasteiger partial charge in [-0.3, -0.25) is 5.41 Å². The molecule has 0 aromatic heterocycles. The maximum atomic E-state index is 7.11. The Balaban J connectivity index is 3.74. The largest absolute Gasteiger partial charge is 0.388 e. The summed E-state index contributed by atoms with van der Waals surface area (Å²) in [4.78, 5) is 2.35. The van der Waals surface area contributed by atoms with E-state index in [1.807, 2.05) is 0 Å². The smallest absolute Gasteiger partial charge is 0.0918 e. The Bertz CT molecular complexity index is 134. The molecule has 72 valence electrons. The molecule has 0 aromatic rings. The topological polar surface area (TPSA) is 53.1 Å². The first-order chi connectivity index (χ1) is 5.61. The third-order valence-electron chi connectivity index (χ3n) is 2.29. The molecule has 0 saturated carbocycles. The third kappa shape index (κ3) is 4.34. The van der Waals surface area contributed by atoms with Crippen LogP contribution in [0.3, 0.4) is 0 Å². The van der Waals surface area contributed by atoms with Crippen molar-refractivity contribution in [1.82, 2.24) is 4.90 Å². The van der Waals surface area contributed by atoms with E-state index in [2.05, 4.69) is 25.7 Å². The van der Waals surface area contributed by atoms with Gasteiger partial charge < -0.3 is 10.6 Å². The van der Waals surface area contributed by atoms with Crippen molar-refractivity contribution in [3.8, 4) is 0 Å². The SMILES string of the molecule is CCC(C)N(CC)CCC(=N)N. The van der Waals surface area contributed by atoms with Gasteiger partial charge in [-0.05, 0) is 19.9 Å². The second-order valence-electron chi connectivity index (χ2n) is 3.16. The van der Waals surface area contributed by atoms with Gasteiger partial charge in [-0.25, -0.2) is 0 Å². The van der Waals surface area contributed by atoms with Gasteiger partial charge in [-0.1, -0.05) is 13.8 Å². The minimum atomic E-state index is 0.289. The Kier molecular flexibility index (Phi) is 5.72. The first kappa shape index (κ1) is 11.4. The first-order valence-corrected chi connectivity index (χ1v) is 4.68. The molecule has 0 rings (SSSR count). The molecule has 3 heteroatoms. The summed E-state index contributed by atoms with van der Waals surface area (Å²) >= 11 is 0. The lowest BCUT2D eigenvalue weighted by molar-refractivity contribution is 0.220. The summed E-state index contributed by atoms with van der Waals surface area (Å²) in [5, 5.41) is 7.11. The third-order valence-corrected chi connectivity index (χ3v) is 2.29. The number of rotatable bonds is 6. The minimum Gasteiger partial charge on any atom is -0.388 e. The summed E-state index contributed by atoms with van der Waals surface area (Å²) in [5.41, 5.74) is 5.29. The Hall–Kier alpha value is -0.570. The molecule has 0 aliphatic heterocycles. The van der Waals surface area contributed by atoms with Crippen molar-refractivity contribution in [1.29, 1.82) is 5.41 Å². The van der Waals surface area contributed by atoms with Crippen molar-refractivity contribution in [2.45, 2.75) is 39.7 Å². The zero-order chi connectivity index (χ0) is 9.56. The highest BCUT2D eigenvalue weighted by Gasteiger charge is 2.08. The maximum absolute atomic E-state index is 7.11. The number of nitrogens with one attached hydrogen (secondary N) is 1. The van der Waals surface area contributed by atoms with E-state index in [4.69, 9.17) is 11.1 Å². The van der Waals surface area contributed by atoms with Gasteiger partial charge in [0.15, 0.2) is 0 Å². The number of nitrogens with two attached hydrogens (primary N) is 1. The summed E-state index contributed by atoms with van der Waals surface area (Å²) < 4.78 is 0. The predicted molar refractivity (Wildman–Crippen MR) is 53.5 cm³/mol. The molecule has 3 nitrogen and oxygen atoms in total. The van der Waals surface area contributed by atoms with E-state index < -0.39 is 0 Å². The van der Waals surface area contributed by atoms with E-state index in [0.717, 1.165) is 19.5 Å². The first-order valence-electron chi connectivity index (χ1n) is 4.68. The van der Waals surface area contributed by atoms with Crippen LogP contribution >= 0.6 is 0 Å². The fourth-order valence-corrected chi connectivity index (χ4v) is 1.21. The summed E-state index contributed by atoms with van der Waals surface area (Å²) in [6.45, 7) is 8.50. The van der Waals surface area contributed by atoms with Crippen molar-refractivity contribution in [3.05, 3.63) is 0 Å². The zero-order valence-corrected chi connectivity index (χ0v) is 8.43. The molecule has 0 saturated heterocycles. The van der Waals surface area contributed by atoms with Crippen LogP contribution in [-0.4, -0.2) is 29.9 Å². The second-order valence-corrected chi connectivity index (χ2v) is 3.16. The highest BCUT2D eigenvalue weighted by molar-refractivity contribution is 5.76. The Morgan fingerprint density at radius 1 is 1.50 bits per heavy atom. The molecule has 3 N–H and O–H groups in total. The molecule has 0 bridgehead atoms. The molecular weight excluding hydrogens is 150 g/mol. The molecule has 0 aromatic carbocycles. The van der Waals surface area contributed by atoms with Gasteiger partial charge in [0.05, 0.1) is 5.84 Å². The molecule has 0 spiro atoms. The summed E-state index contributed by atoms with van der Waals surface area (Å²) in [6.07, 6.45) is 1.85. The highest BCUT2D eigenvalue weighted by atomic mass is 15.1. The molecule has 0 amide bonds. The molecule has 1 unspecified atom stereocenters. The lowest BCUT2D eigenvalue weighted by Crippen LogP contribution is -2.35. The number of hydrogen-bond donors (Lipinski definition) is 2. The Morgan fingerprint density at radius 3 is 2.42 bits per heavy atom. The van der Waals surface area contributed by atoms with Crippen molar-refractivity contribution in [2.24, 2.45) is 5.73 Å². The molecule has 0 aliphatic rings. The van der Waals surface area contributed by atoms with Crippen LogP contribution in [-0.2, 0) is 0 Å². The van der Waals surface area contributed by atoms with E-state index >= 15 is 0 Å². The monoisotopic (exact) mass is 171 g/mol. The van der Waals surface area contributed by atoms with Gasteiger partial charge >= 0.3 is 0 Å². The molecule has 1 atom stereocenters. The average molecular weight is 171 g/mol. The van der Waals surface area contributed by atoms with E-state index in [0.29, 0.717) is 12.5 Å². The Labute approximate surface area is 75.4 Å². The summed E-state index contributed by atoms with van der Waals surface area (Å²) in [6, 6.07) is 0.606. The standard InChI is InChI=1S/C9H21N3/c1-4-8(3)12(5-2)7-6-9(10)11/h8H,4-7H2,1-3H3,(H3,10,11). The van der Waals surface area contributed by atoms with Crippen LogP contribution in [0.4, 0.5) is 0 Å². The molecular formula is C9H21N3. The van der Waals surface area contributed by atoms with Crippen molar-refractivity contribution in [2.75, 3.05) is 13.1 Å². The van der Waals surface area contributed by atoms with Crippen molar-refractivity contribution in [3.63, 3.8) is 0 Å². The average Bonchev–Trinajstić information content (AvgIpc) is 2.04. The number of hydrogen-bond acceptors (Lipinski definition) is 2. The van der Waals surface area contributed by atoms with Crippen LogP contribution in [0.5, 0.6) is 0 Å². The summed E-state index contributed by atoms with van der Waals surface area (Å²) in [5.74, 6) is 0.289. The fourth-order valence-electron chi connectivity index (χ4n) is 1.21. The zero-order valence-electron chi connectivity index (χ0n) is 8.43. The maximum Gasteiger partial charge on any atom is 0.0918 e. The van der Waals surface area contributed by atoms with Crippen LogP contribution in [0.1, 0.15) is 33.6 Å². The van der Waals surface area contributed by atoms with Gasteiger partial charge in [-0.2, -0.15) is 0 Å². The fraction of sp³-hybridized carbons (Fsp3) is 0.889. The van der Waals surface area contributed by atoms with Gasteiger partial charge in [0.25, 0.3) is 0 Å². The lowest BCUT2D eigenvalue weighted by Gasteiger charge is -2.26. The van der Waals surface area contributed by atoms with E-state index in [1.165, 1.54) is 0 Å². The van der Waals surface area contributed by atoms with Gasteiger partial charge in [0.1, 0.15) is 0 Å².